The first kappa shape index (κ1) is 13.2. The molecule has 2 aromatic heterocycles. The van der Waals surface area contributed by atoms with E-state index in [1.165, 1.54) is 0 Å². The Bertz CT molecular complexity index is 778. The first-order valence-electron chi connectivity index (χ1n) is 7.27. The van der Waals surface area contributed by atoms with Crippen molar-refractivity contribution in [1.82, 2.24) is 35.9 Å². The lowest BCUT2D eigenvalue weighted by molar-refractivity contribution is -0.132. The monoisotopic (exact) mass is 299 g/mol. The minimum absolute atomic E-state index is 0.0120. The molecule has 0 spiro atoms. The third kappa shape index (κ3) is 1.81. The summed E-state index contributed by atoms with van der Waals surface area (Å²) in [5.74, 6) is 0.0759. The number of nitrogens with zero attached hydrogens (tertiary/aromatic N) is 4. The highest BCUT2D eigenvalue weighted by molar-refractivity contribution is 6.04. The lowest BCUT2D eigenvalue weighted by atomic mass is 9.95. The topological polar surface area (TPSA) is 86.6 Å². The van der Waals surface area contributed by atoms with E-state index in [1.807, 2.05) is 26.0 Å². The number of carbonyl (C=O) groups is 1. The van der Waals surface area contributed by atoms with Gasteiger partial charge in [0.1, 0.15) is 0 Å². The number of fused-ring (bicyclic) bond motifs is 2. The predicted octanol–water partition coefficient (Wildman–Crippen LogP) is -0.123. The van der Waals surface area contributed by atoms with Crippen molar-refractivity contribution in [3.63, 3.8) is 0 Å². The van der Waals surface area contributed by atoms with Gasteiger partial charge in [-0.3, -0.25) is 10.1 Å². The van der Waals surface area contributed by atoms with Crippen molar-refractivity contribution < 1.29 is 4.79 Å². The first-order valence-corrected chi connectivity index (χ1v) is 7.27. The van der Waals surface area contributed by atoms with Crippen LogP contribution in [0, 0.1) is 5.92 Å². The zero-order valence-corrected chi connectivity index (χ0v) is 12.4. The molecular weight excluding hydrogens is 282 g/mol. The summed E-state index contributed by atoms with van der Waals surface area (Å²) in [6.45, 7) is 4.59. The van der Waals surface area contributed by atoms with Gasteiger partial charge in [0.25, 0.3) is 5.91 Å². The van der Waals surface area contributed by atoms with Gasteiger partial charge in [0.05, 0.1) is 24.1 Å². The van der Waals surface area contributed by atoms with Gasteiger partial charge >= 0.3 is 0 Å². The molecule has 0 radical (unpaired) electrons. The van der Waals surface area contributed by atoms with Gasteiger partial charge in [-0.25, -0.2) is 10.4 Å². The molecule has 1 atom stereocenters. The van der Waals surface area contributed by atoms with E-state index in [1.54, 1.807) is 22.0 Å². The third-order valence-electron chi connectivity index (χ3n) is 3.95. The summed E-state index contributed by atoms with van der Waals surface area (Å²) in [5, 5.41) is 16.6. The second-order valence-electron chi connectivity index (χ2n) is 5.66. The van der Waals surface area contributed by atoms with Crippen molar-refractivity contribution in [1.29, 1.82) is 0 Å². The minimum Gasteiger partial charge on any atom is -0.351 e. The lowest BCUT2D eigenvalue weighted by Crippen LogP contribution is -2.56. The quantitative estimate of drug-likeness (QED) is 0.716. The predicted molar refractivity (Wildman–Crippen MR) is 79.7 cm³/mol. The zero-order valence-electron chi connectivity index (χ0n) is 12.4. The highest BCUT2D eigenvalue weighted by Crippen LogP contribution is 2.30. The maximum absolute atomic E-state index is 12.8. The van der Waals surface area contributed by atoms with Crippen LogP contribution in [0.15, 0.2) is 30.1 Å². The fraction of sp³-hybridized carbons (Fsp3) is 0.357. The van der Waals surface area contributed by atoms with E-state index in [2.05, 4.69) is 26.3 Å². The molecule has 0 saturated carbocycles. The van der Waals surface area contributed by atoms with Gasteiger partial charge in [0.15, 0.2) is 6.29 Å². The molecule has 8 nitrogen and oxygen atoms in total. The molecule has 2 aliphatic rings. The summed E-state index contributed by atoms with van der Waals surface area (Å²) in [6, 6.07) is 3.81. The summed E-state index contributed by atoms with van der Waals surface area (Å²) < 4.78 is 1.57. The Labute approximate surface area is 127 Å². The first-order chi connectivity index (χ1) is 10.7. The van der Waals surface area contributed by atoms with Gasteiger partial charge < -0.3 is 5.32 Å². The number of carbonyl (C=O) groups excluding carboxylic acids is 1. The largest absolute Gasteiger partial charge is 0.351 e. The van der Waals surface area contributed by atoms with E-state index in [-0.39, 0.29) is 18.1 Å². The number of amides is 1. The van der Waals surface area contributed by atoms with Gasteiger partial charge in [0.2, 0.25) is 0 Å². The van der Waals surface area contributed by atoms with Gasteiger partial charge in [-0.2, -0.15) is 14.8 Å². The molecule has 114 valence electrons. The number of aromatic nitrogens is 3. The van der Waals surface area contributed by atoms with Crippen LogP contribution in [-0.4, -0.2) is 38.7 Å². The fourth-order valence-corrected chi connectivity index (χ4v) is 2.95. The van der Waals surface area contributed by atoms with Gasteiger partial charge in [0, 0.05) is 17.3 Å². The third-order valence-corrected chi connectivity index (χ3v) is 3.95. The van der Waals surface area contributed by atoms with E-state index in [0.717, 1.165) is 22.4 Å². The minimum atomic E-state index is -0.253. The SMILES string of the molecule is CC(C)C1=C(c2cnn3ncccc23)NC2NCNN2C1=O. The smallest absolute Gasteiger partial charge is 0.269 e. The number of hydrogen-bond acceptors (Lipinski definition) is 6. The Morgan fingerprint density at radius 3 is 3.05 bits per heavy atom. The summed E-state index contributed by atoms with van der Waals surface area (Å²) in [5.41, 5.74) is 6.36. The normalized spacial score (nSPS) is 21.7. The second kappa shape index (κ2) is 4.79. The Balaban J connectivity index is 1.91. The number of hydrogen-bond donors (Lipinski definition) is 3. The molecule has 3 N–H and O–H groups in total. The second-order valence-corrected chi connectivity index (χ2v) is 5.66. The molecule has 4 heterocycles. The number of rotatable bonds is 2. The van der Waals surface area contributed by atoms with Crippen molar-refractivity contribution in [3.05, 3.63) is 35.7 Å². The van der Waals surface area contributed by atoms with Crippen LogP contribution in [0.1, 0.15) is 19.4 Å². The average molecular weight is 299 g/mol. The summed E-state index contributed by atoms with van der Waals surface area (Å²) >= 11 is 0. The maximum atomic E-state index is 12.8. The van der Waals surface area contributed by atoms with Crippen molar-refractivity contribution in [2.45, 2.75) is 20.1 Å². The molecule has 4 rings (SSSR count). The van der Waals surface area contributed by atoms with Crippen molar-refractivity contribution in [3.8, 4) is 0 Å². The zero-order chi connectivity index (χ0) is 15.3. The molecule has 2 aromatic rings. The van der Waals surface area contributed by atoms with Crippen molar-refractivity contribution in [2.24, 2.45) is 5.92 Å². The molecule has 1 unspecified atom stereocenters. The van der Waals surface area contributed by atoms with E-state index < -0.39 is 0 Å². The molecule has 1 saturated heterocycles. The van der Waals surface area contributed by atoms with Crippen LogP contribution in [-0.2, 0) is 4.79 Å². The standard InChI is InChI=1S/C14H17N7O/c1-8(2)11-12(19-14-15-7-18-20(14)13(11)22)9-6-17-21-10(9)4-3-5-16-21/h3-6,8,14-15,18-19H,7H2,1-2H3. The Morgan fingerprint density at radius 2 is 2.23 bits per heavy atom. The Kier molecular flexibility index (Phi) is 2.88. The number of hydrazine groups is 1. The number of nitrogens with one attached hydrogen (secondary N) is 3. The van der Waals surface area contributed by atoms with Crippen LogP contribution in [0.2, 0.25) is 0 Å². The van der Waals surface area contributed by atoms with Gasteiger partial charge in [-0.15, -0.1) is 0 Å². The van der Waals surface area contributed by atoms with Crippen molar-refractivity contribution in [2.75, 3.05) is 6.67 Å². The molecule has 0 bridgehead atoms. The van der Waals surface area contributed by atoms with Crippen LogP contribution in [0.4, 0.5) is 0 Å². The molecule has 1 fully saturated rings. The van der Waals surface area contributed by atoms with Crippen LogP contribution in [0.3, 0.4) is 0 Å². The molecule has 8 heteroatoms. The molecule has 0 aromatic carbocycles. The van der Waals surface area contributed by atoms with Gasteiger partial charge in [-0.1, -0.05) is 13.8 Å². The van der Waals surface area contributed by atoms with E-state index in [9.17, 15) is 4.79 Å². The maximum Gasteiger partial charge on any atom is 0.269 e. The van der Waals surface area contributed by atoms with E-state index in [0.29, 0.717) is 6.67 Å². The lowest BCUT2D eigenvalue weighted by Gasteiger charge is -2.34. The van der Waals surface area contributed by atoms with Crippen LogP contribution in [0.5, 0.6) is 0 Å². The molecule has 2 aliphatic heterocycles. The van der Waals surface area contributed by atoms with E-state index >= 15 is 0 Å². The molecule has 0 aliphatic carbocycles. The molecule has 1 amide bonds. The highest BCUT2D eigenvalue weighted by atomic mass is 16.2. The summed E-state index contributed by atoms with van der Waals surface area (Å²) in [7, 11) is 0. The Morgan fingerprint density at radius 1 is 1.36 bits per heavy atom. The van der Waals surface area contributed by atoms with Crippen LogP contribution >= 0.6 is 0 Å². The average Bonchev–Trinajstić information content (AvgIpc) is 3.12. The highest BCUT2D eigenvalue weighted by Gasteiger charge is 2.38. The van der Waals surface area contributed by atoms with Crippen molar-refractivity contribution >= 4 is 17.1 Å². The summed E-state index contributed by atoms with van der Waals surface area (Å²) in [6.07, 6.45) is 3.18. The van der Waals surface area contributed by atoms with Crippen LogP contribution in [0.25, 0.3) is 11.2 Å². The van der Waals surface area contributed by atoms with Crippen LogP contribution < -0.4 is 16.1 Å². The Hall–Kier alpha value is -2.45. The summed E-state index contributed by atoms with van der Waals surface area (Å²) in [4.78, 5) is 12.8. The van der Waals surface area contributed by atoms with Gasteiger partial charge in [-0.05, 0) is 18.1 Å². The fourth-order valence-electron chi connectivity index (χ4n) is 2.95. The molecular formula is C14H17N7O. The van der Waals surface area contributed by atoms with E-state index in [4.69, 9.17) is 0 Å². The molecule has 22 heavy (non-hydrogen) atoms.